The van der Waals surface area contributed by atoms with Gasteiger partial charge >= 0.3 is 0 Å². The number of rotatable bonds is 6. The zero-order valence-electron chi connectivity index (χ0n) is 18.4. The highest BCUT2D eigenvalue weighted by atomic mass is 19.1. The van der Waals surface area contributed by atoms with Crippen LogP contribution in [0.25, 0.3) is 0 Å². The summed E-state index contributed by atoms with van der Waals surface area (Å²) in [5.41, 5.74) is 4.77. The Bertz CT molecular complexity index is 791. The predicted molar refractivity (Wildman–Crippen MR) is 119 cm³/mol. The van der Waals surface area contributed by atoms with Crippen LogP contribution in [0, 0.1) is 18.6 Å². The first-order chi connectivity index (χ1) is 14.3. The van der Waals surface area contributed by atoms with E-state index in [1.54, 1.807) is 13.8 Å². The van der Waals surface area contributed by atoms with E-state index in [0.717, 1.165) is 45.0 Å². The fourth-order valence-corrected chi connectivity index (χ4v) is 3.58. The quantitative estimate of drug-likeness (QED) is 0.680. The van der Waals surface area contributed by atoms with Gasteiger partial charge in [-0.05, 0) is 67.6 Å². The van der Waals surface area contributed by atoms with E-state index < -0.39 is 11.6 Å². The topological polar surface area (TPSA) is 44.4 Å². The third kappa shape index (κ3) is 7.41. The molecule has 0 saturated heterocycles. The molecule has 1 aliphatic heterocycles. The van der Waals surface area contributed by atoms with Gasteiger partial charge < -0.3 is 15.5 Å². The number of nitrogens with one attached hydrogen (secondary N) is 2. The Morgan fingerprint density at radius 1 is 1.13 bits per heavy atom. The molecule has 0 spiro atoms. The molecule has 6 heteroatoms. The summed E-state index contributed by atoms with van der Waals surface area (Å²) < 4.78 is 24.4. The van der Waals surface area contributed by atoms with Gasteiger partial charge in [0.1, 0.15) is 11.6 Å². The molecule has 3 rings (SSSR count). The molecule has 2 N–H and O–H groups in total. The highest BCUT2D eigenvalue weighted by molar-refractivity contribution is 5.72. The van der Waals surface area contributed by atoms with Crippen LogP contribution in [0.1, 0.15) is 49.4 Å². The molecule has 0 bridgehead atoms. The molecular formula is C24H33F2N3O. The minimum atomic E-state index is -0.521. The molecule has 164 valence electrons. The third-order valence-corrected chi connectivity index (χ3v) is 5.17. The molecule has 2 aromatic carbocycles. The van der Waals surface area contributed by atoms with Crippen LogP contribution in [0.2, 0.25) is 0 Å². The molecule has 1 atom stereocenters. The van der Waals surface area contributed by atoms with Crippen molar-refractivity contribution in [2.75, 3.05) is 31.6 Å². The lowest BCUT2D eigenvalue weighted by Crippen LogP contribution is -2.35. The maximum absolute atomic E-state index is 12.2. The summed E-state index contributed by atoms with van der Waals surface area (Å²) in [5, 5.41) is 6.49. The van der Waals surface area contributed by atoms with Gasteiger partial charge in [0.05, 0.1) is 0 Å². The lowest BCUT2D eigenvalue weighted by atomic mass is 9.94. The monoisotopic (exact) mass is 417 g/mol. The number of fused-ring (bicyclic) bond motifs is 1. The first kappa shape index (κ1) is 23.8. The van der Waals surface area contributed by atoms with Crippen molar-refractivity contribution in [3.63, 3.8) is 0 Å². The van der Waals surface area contributed by atoms with Crippen molar-refractivity contribution in [3.8, 4) is 0 Å². The average molecular weight is 418 g/mol. The normalized spacial score (nSPS) is 15.1. The smallest absolute Gasteiger partial charge is 0.216 e. The number of halogens is 2. The molecule has 1 aliphatic rings. The van der Waals surface area contributed by atoms with E-state index in [2.05, 4.69) is 47.7 Å². The van der Waals surface area contributed by atoms with Crippen molar-refractivity contribution in [1.29, 1.82) is 0 Å². The molecule has 0 saturated carbocycles. The Labute approximate surface area is 178 Å². The van der Waals surface area contributed by atoms with Crippen LogP contribution in [-0.4, -0.2) is 32.6 Å². The Balaban J connectivity index is 0.000000297. The minimum Gasteiger partial charge on any atom is -0.374 e. The SMILES string of the molecule is CCc1ccc2c(c1)[C@@H](NCCCNC(C)=O)CCN2C.Cc1cc(F)cc(F)c1. The highest BCUT2D eigenvalue weighted by Crippen LogP contribution is 2.33. The summed E-state index contributed by atoms with van der Waals surface area (Å²) in [5.74, 6) is -0.993. The molecule has 1 amide bonds. The summed E-state index contributed by atoms with van der Waals surface area (Å²) in [6.45, 7) is 8.17. The van der Waals surface area contributed by atoms with Crippen molar-refractivity contribution in [1.82, 2.24) is 10.6 Å². The van der Waals surface area contributed by atoms with Gasteiger partial charge in [0.15, 0.2) is 0 Å². The number of carbonyl (C=O) groups excluding carboxylic acids is 1. The van der Waals surface area contributed by atoms with Gasteiger partial charge in [-0.15, -0.1) is 0 Å². The van der Waals surface area contributed by atoms with Gasteiger partial charge in [-0.2, -0.15) is 0 Å². The van der Waals surface area contributed by atoms with Crippen LogP contribution in [0.5, 0.6) is 0 Å². The third-order valence-electron chi connectivity index (χ3n) is 5.17. The lowest BCUT2D eigenvalue weighted by molar-refractivity contribution is -0.118. The molecular weight excluding hydrogens is 384 g/mol. The molecule has 1 heterocycles. The van der Waals surface area contributed by atoms with Crippen molar-refractivity contribution in [2.45, 2.75) is 46.1 Å². The molecule has 4 nitrogen and oxygen atoms in total. The van der Waals surface area contributed by atoms with Gasteiger partial charge in [-0.25, -0.2) is 8.78 Å². The van der Waals surface area contributed by atoms with E-state index in [-0.39, 0.29) is 5.91 Å². The van der Waals surface area contributed by atoms with Crippen LogP contribution in [0.15, 0.2) is 36.4 Å². The fraction of sp³-hybridized carbons (Fsp3) is 0.458. The second-order valence-electron chi connectivity index (χ2n) is 7.75. The van der Waals surface area contributed by atoms with Gasteiger partial charge in [-0.1, -0.05) is 19.1 Å². The number of hydrogen-bond acceptors (Lipinski definition) is 3. The van der Waals surface area contributed by atoms with Crippen LogP contribution in [-0.2, 0) is 11.2 Å². The van der Waals surface area contributed by atoms with Crippen molar-refractivity contribution >= 4 is 11.6 Å². The van der Waals surface area contributed by atoms with E-state index in [0.29, 0.717) is 11.6 Å². The Morgan fingerprint density at radius 2 is 1.83 bits per heavy atom. The van der Waals surface area contributed by atoms with E-state index in [9.17, 15) is 13.6 Å². The summed E-state index contributed by atoms with van der Waals surface area (Å²) in [7, 11) is 2.16. The maximum Gasteiger partial charge on any atom is 0.216 e. The molecule has 0 radical (unpaired) electrons. The molecule has 0 aromatic heterocycles. The number of carbonyl (C=O) groups is 1. The Hall–Kier alpha value is -2.47. The van der Waals surface area contributed by atoms with E-state index in [1.807, 2.05) is 0 Å². The van der Waals surface area contributed by atoms with Crippen LogP contribution in [0.3, 0.4) is 0 Å². The first-order valence-corrected chi connectivity index (χ1v) is 10.5. The van der Waals surface area contributed by atoms with Crippen molar-refractivity contribution in [2.24, 2.45) is 0 Å². The van der Waals surface area contributed by atoms with Crippen LogP contribution < -0.4 is 15.5 Å². The zero-order valence-corrected chi connectivity index (χ0v) is 18.4. The molecule has 0 fully saturated rings. The number of nitrogens with zero attached hydrogens (tertiary/aromatic N) is 1. The van der Waals surface area contributed by atoms with Gasteiger partial charge in [0, 0.05) is 44.9 Å². The fourth-order valence-electron chi connectivity index (χ4n) is 3.58. The summed E-state index contributed by atoms with van der Waals surface area (Å²) in [6, 6.07) is 10.7. The predicted octanol–water partition coefficient (Wildman–Crippen LogP) is 4.52. The largest absolute Gasteiger partial charge is 0.374 e. The highest BCUT2D eigenvalue weighted by Gasteiger charge is 2.22. The number of benzene rings is 2. The number of hydrogen-bond donors (Lipinski definition) is 2. The molecule has 0 aliphatic carbocycles. The summed E-state index contributed by atoms with van der Waals surface area (Å²) >= 11 is 0. The standard InChI is InChI=1S/C17H27N3O.C7H6F2/c1-4-14-6-7-17-15(12-14)16(8-11-20(17)3)19-10-5-9-18-13(2)21;1-5-2-6(8)4-7(9)3-5/h6-7,12,16,19H,4-5,8-11H2,1-3H3,(H,18,21);2-4H,1H3/t16-;/m0./s1. The minimum absolute atomic E-state index is 0.0484. The van der Waals surface area contributed by atoms with E-state index >= 15 is 0 Å². The molecule has 30 heavy (non-hydrogen) atoms. The second-order valence-corrected chi connectivity index (χ2v) is 7.75. The van der Waals surface area contributed by atoms with Gasteiger partial charge in [0.25, 0.3) is 0 Å². The maximum atomic E-state index is 12.2. The number of aryl methyl sites for hydroxylation is 2. The average Bonchev–Trinajstić information content (AvgIpc) is 2.68. The first-order valence-electron chi connectivity index (χ1n) is 10.5. The van der Waals surface area contributed by atoms with Gasteiger partial charge in [-0.3, -0.25) is 4.79 Å². The summed E-state index contributed by atoms with van der Waals surface area (Å²) in [6.07, 6.45) is 3.18. The van der Waals surface area contributed by atoms with E-state index in [4.69, 9.17) is 0 Å². The molecule has 0 unspecified atom stereocenters. The zero-order chi connectivity index (χ0) is 22.1. The molecule has 2 aromatic rings. The Kier molecular flexibility index (Phi) is 9.24. The second kappa shape index (κ2) is 11.6. The lowest BCUT2D eigenvalue weighted by Gasteiger charge is -2.34. The van der Waals surface area contributed by atoms with E-state index in [1.165, 1.54) is 28.9 Å². The number of anilines is 1. The Morgan fingerprint density at radius 3 is 2.43 bits per heavy atom. The van der Waals surface area contributed by atoms with Crippen molar-refractivity contribution in [3.05, 3.63) is 64.7 Å². The van der Waals surface area contributed by atoms with Crippen molar-refractivity contribution < 1.29 is 13.6 Å². The van der Waals surface area contributed by atoms with Crippen LogP contribution >= 0.6 is 0 Å². The summed E-state index contributed by atoms with van der Waals surface area (Å²) in [4.78, 5) is 13.2. The number of amides is 1. The van der Waals surface area contributed by atoms with Crippen LogP contribution in [0.4, 0.5) is 14.5 Å². The van der Waals surface area contributed by atoms with Gasteiger partial charge in [0.2, 0.25) is 5.91 Å².